The van der Waals surface area contributed by atoms with Crippen LogP contribution in [0.4, 0.5) is 5.82 Å². The number of piperazine rings is 1. The molecular formula is C23H29BrClN5O8S2. The molecule has 1 atom stereocenters. The van der Waals surface area contributed by atoms with Crippen LogP contribution in [0, 0.1) is 0 Å². The van der Waals surface area contributed by atoms with Gasteiger partial charge in [-0.2, -0.15) is 12.7 Å². The van der Waals surface area contributed by atoms with E-state index >= 15 is 0 Å². The summed E-state index contributed by atoms with van der Waals surface area (Å²) in [4.78, 5) is 25.4. The lowest BCUT2D eigenvalue weighted by Crippen LogP contribution is -2.65. The van der Waals surface area contributed by atoms with E-state index in [1.54, 1.807) is 23.2 Å². The highest BCUT2D eigenvalue weighted by atomic mass is 79.9. The summed E-state index contributed by atoms with van der Waals surface area (Å²) >= 11 is 9.28. The molecule has 13 nitrogen and oxygen atoms in total. The number of fused-ring (bicyclic) bond motifs is 1. The van der Waals surface area contributed by atoms with Gasteiger partial charge in [-0.05, 0) is 54.8 Å². The van der Waals surface area contributed by atoms with Crippen LogP contribution in [0.2, 0.25) is 5.28 Å². The highest BCUT2D eigenvalue weighted by Gasteiger charge is 2.60. The van der Waals surface area contributed by atoms with Gasteiger partial charge in [-0.1, -0.05) is 15.9 Å². The highest BCUT2D eigenvalue weighted by Crippen LogP contribution is 2.44. The van der Waals surface area contributed by atoms with Crippen molar-refractivity contribution in [2.75, 3.05) is 57.6 Å². The summed E-state index contributed by atoms with van der Waals surface area (Å²) < 4.78 is 66.7. The predicted octanol–water partition coefficient (Wildman–Crippen LogP) is 1.64. The molecule has 2 aromatic rings. The fourth-order valence-corrected chi connectivity index (χ4v) is 6.97. The number of nitrogens with zero attached hydrogens (tertiary/aromatic N) is 5. The third-order valence-corrected chi connectivity index (χ3v) is 9.33. The van der Waals surface area contributed by atoms with Crippen LogP contribution in [0.1, 0.15) is 12.8 Å². The molecule has 220 valence electrons. The van der Waals surface area contributed by atoms with Crippen LogP contribution in [-0.4, -0.2) is 110 Å². The zero-order valence-electron chi connectivity index (χ0n) is 21.7. The van der Waals surface area contributed by atoms with Crippen molar-refractivity contribution < 1.29 is 35.7 Å². The van der Waals surface area contributed by atoms with Crippen LogP contribution in [0.25, 0.3) is 0 Å². The van der Waals surface area contributed by atoms with E-state index in [9.17, 15) is 21.6 Å². The Balaban J connectivity index is 0.000000681. The molecule has 0 aliphatic carbocycles. The average Bonchev–Trinajstić information content (AvgIpc) is 3.18. The third-order valence-electron chi connectivity index (χ3n) is 6.81. The van der Waals surface area contributed by atoms with Gasteiger partial charge in [0.1, 0.15) is 5.82 Å². The Morgan fingerprint density at radius 1 is 1.12 bits per heavy atom. The Kier molecular flexibility index (Phi) is 9.12. The summed E-state index contributed by atoms with van der Waals surface area (Å²) in [5.41, 5.74) is -1.79. The number of piperidine rings is 1. The van der Waals surface area contributed by atoms with E-state index in [1.165, 1.54) is 23.5 Å². The van der Waals surface area contributed by atoms with E-state index in [0.29, 0.717) is 38.7 Å². The van der Waals surface area contributed by atoms with Crippen LogP contribution < -0.4 is 4.90 Å². The van der Waals surface area contributed by atoms with Gasteiger partial charge in [0.25, 0.3) is 10.1 Å². The molecule has 0 radical (unpaired) electrons. The van der Waals surface area contributed by atoms with Gasteiger partial charge in [-0.15, -0.1) is 0 Å². The lowest BCUT2D eigenvalue weighted by atomic mass is 9.91. The summed E-state index contributed by atoms with van der Waals surface area (Å²) in [6, 6.07) is 8.17. The van der Waals surface area contributed by atoms with Crippen LogP contribution in [0.3, 0.4) is 0 Å². The normalized spacial score (nSPS) is 23.1. The molecule has 0 bridgehead atoms. The molecular weight excluding hydrogens is 654 g/mol. The Labute approximate surface area is 246 Å². The molecule has 0 saturated carbocycles. The van der Waals surface area contributed by atoms with E-state index < -0.39 is 31.5 Å². The monoisotopic (exact) mass is 681 g/mol. The Bertz CT molecular complexity index is 1450. The molecule has 1 amide bonds. The molecule has 3 fully saturated rings. The van der Waals surface area contributed by atoms with Gasteiger partial charge in [-0.25, -0.2) is 18.4 Å². The lowest BCUT2D eigenvalue weighted by Gasteiger charge is -2.44. The number of anilines is 1. The lowest BCUT2D eigenvalue weighted by molar-refractivity contribution is -0.194. The number of amides is 1. The van der Waals surface area contributed by atoms with Gasteiger partial charge < -0.3 is 19.3 Å². The smallest absolute Gasteiger partial charge is 0.261 e. The van der Waals surface area contributed by atoms with E-state index in [4.69, 9.17) is 25.6 Å². The molecule has 1 spiro atoms. The van der Waals surface area contributed by atoms with Crippen LogP contribution in [0.5, 0.6) is 0 Å². The van der Waals surface area contributed by atoms with Crippen molar-refractivity contribution in [2.24, 2.45) is 0 Å². The number of benzene rings is 1. The molecule has 1 aromatic heterocycles. The van der Waals surface area contributed by atoms with Crippen molar-refractivity contribution in [1.82, 2.24) is 19.2 Å². The second-order valence-corrected chi connectivity index (χ2v) is 14.4. The average molecular weight is 683 g/mol. The predicted molar refractivity (Wildman–Crippen MR) is 149 cm³/mol. The van der Waals surface area contributed by atoms with Crippen molar-refractivity contribution in [3.05, 3.63) is 46.3 Å². The maximum Gasteiger partial charge on any atom is 0.261 e. The molecule has 4 heterocycles. The standard InChI is InChI=1S/C22H25BrClN5O5S.CH4O3S/c1-33-15-22-14-28(35(31,32)17-4-2-16(23)3-5-17)12-19(30)29(22)13-21(34-22)7-10-27(11-8-21)18-6-9-25-20(24)26-18;1-5(2,3)4/h2-6,9H,7-8,10-15H2,1H3;1H3,(H,2,3,4). The summed E-state index contributed by atoms with van der Waals surface area (Å²) in [7, 11) is -6.05. The van der Waals surface area contributed by atoms with Gasteiger partial charge in [0.2, 0.25) is 21.2 Å². The number of aromatic nitrogens is 2. The number of carbonyl (C=O) groups excluding carboxylic acids is 1. The zero-order chi connectivity index (χ0) is 29.3. The van der Waals surface area contributed by atoms with Crippen LogP contribution in [0.15, 0.2) is 45.9 Å². The Morgan fingerprint density at radius 2 is 1.75 bits per heavy atom. The minimum Gasteiger partial charge on any atom is -0.380 e. The maximum absolute atomic E-state index is 13.4. The quantitative estimate of drug-likeness (QED) is 0.361. The molecule has 3 aliphatic heterocycles. The number of ether oxygens (including phenoxy) is 2. The van der Waals surface area contributed by atoms with Crippen LogP contribution in [-0.2, 0) is 34.4 Å². The molecule has 1 unspecified atom stereocenters. The fourth-order valence-electron chi connectivity index (χ4n) is 5.13. The number of carbonyl (C=O) groups is 1. The summed E-state index contributed by atoms with van der Waals surface area (Å²) in [5.74, 6) is 0.445. The second kappa shape index (κ2) is 11.8. The number of methoxy groups -OCH3 is 1. The number of rotatable bonds is 5. The van der Waals surface area contributed by atoms with Crippen molar-refractivity contribution in [1.29, 1.82) is 0 Å². The number of hydrogen-bond donors (Lipinski definition) is 1. The van der Waals surface area contributed by atoms with Crippen molar-refractivity contribution in [3.63, 3.8) is 0 Å². The SMILES string of the molecule is COCC12CN(S(=O)(=O)c3ccc(Br)cc3)CC(=O)N1CC1(CCN(c3ccnc(Cl)n3)CC1)O2.CS(=O)(=O)O. The van der Waals surface area contributed by atoms with Crippen molar-refractivity contribution in [2.45, 2.75) is 29.1 Å². The van der Waals surface area contributed by atoms with E-state index in [1.807, 2.05) is 6.07 Å². The Hall–Kier alpha value is -1.92. The van der Waals surface area contributed by atoms with Gasteiger partial charge in [-0.3, -0.25) is 9.35 Å². The third kappa shape index (κ3) is 6.92. The first-order valence-corrected chi connectivity index (χ1v) is 16.5. The molecule has 3 aliphatic rings. The Morgan fingerprint density at radius 3 is 2.33 bits per heavy atom. The topological polar surface area (TPSA) is 160 Å². The maximum atomic E-state index is 13.4. The number of sulfonamides is 1. The fraction of sp³-hybridized carbons (Fsp3) is 0.522. The summed E-state index contributed by atoms with van der Waals surface area (Å²) in [6.07, 6.45) is 3.62. The first kappa shape index (κ1) is 31.0. The minimum atomic E-state index is -3.90. The molecule has 5 rings (SSSR count). The second-order valence-electron chi connectivity index (χ2n) is 9.78. The van der Waals surface area contributed by atoms with Gasteiger partial charge in [0, 0.05) is 30.9 Å². The first-order chi connectivity index (χ1) is 18.7. The van der Waals surface area contributed by atoms with E-state index in [2.05, 4.69) is 30.8 Å². The van der Waals surface area contributed by atoms with Gasteiger partial charge in [0.15, 0.2) is 5.72 Å². The van der Waals surface area contributed by atoms with E-state index in [-0.39, 0.29) is 35.8 Å². The van der Waals surface area contributed by atoms with Crippen molar-refractivity contribution >= 4 is 59.4 Å². The zero-order valence-corrected chi connectivity index (χ0v) is 25.7. The molecule has 1 N–H and O–H groups in total. The summed E-state index contributed by atoms with van der Waals surface area (Å²) in [5, 5.41) is 0.189. The number of halogens is 2. The first-order valence-electron chi connectivity index (χ1n) is 12.1. The number of hydrogen-bond acceptors (Lipinski definition) is 10. The van der Waals surface area contributed by atoms with Gasteiger partial charge >= 0.3 is 0 Å². The van der Waals surface area contributed by atoms with Crippen molar-refractivity contribution in [3.8, 4) is 0 Å². The molecule has 1 aromatic carbocycles. The van der Waals surface area contributed by atoms with Crippen LogP contribution >= 0.6 is 27.5 Å². The molecule has 40 heavy (non-hydrogen) atoms. The highest BCUT2D eigenvalue weighted by molar-refractivity contribution is 9.10. The largest absolute Gasteiger partial charge is 0.380 e. The van der Waals surface area contributed by atoms with E-state index in [0.717, 1.165) is 10.3 Å². The van der Waals surface area contributed by atoms with Gasteiger partial charge in [0.05, 0.1) is 43.0 Å². The molecule has 3 saturated heterocycles. The summed E-state index contributed by atoms with van der Waals surface area (Å²) in [6.45, 7) is 1.52. The minimum absolute atomic E-state index is 0.00202. The molecule has 17 heteroatoms.